The number of benzene rings is 2. The Morgan fingerprint density at radius 2 is 1.95 bits per heavy atom. The van der Waals surface area contributed by atoms with Crippen LogP contribution in [0.25, 0.3) is 10.9 Å². The fraction of sp³-hybridized carbons (Fsp3) is 0.118. The summed E-state index contributed by atoms with van der Waals surface area (Å²) >= 11 is 0. The molecule has 1 unspecified atom stereocenters. The first kappa shape index (κ1) is 13.5. The van der Waals surface area contributed by atoms with Crippen LogP contribution in [0, 0.1) is 5.82 Å². The van der Waals surface area contributed by atoms with Crippen LogP contribution in [0.4, 0.5) is 4.39 Å². The number of ether oxygens (including phenoxy) is 1. The maximum Gasteiger partial charge on any atom is 0.139 e. The highest BCUT2D eigenvalue weighted by molar-refractivity contribution is 5.79. The standard InChI is InChI=1S/C17H15FN2O/c18-15-6-2-1-5-14(15)17(11-19)21-13-8-7-12-4-3-9-20-16(12)10-13/h1-10,17H,11,19H2. The number of nitrogens with zero attached hydrogens (tertiary/aromatic N) is 1. The molecule has 0 spiro atoms. The molecule has 0 fully saturated rings. The molecule has 21 heavy (non-hydrogen) atoms. The van der Waals surface area contributed by atoms with Crippen LogP contribution >= 0.6 is 0 Å². The summed E-state index contributed by atoms with van der Waals surface area (Å²) in [5.41, 5.74) is 7.02. The highest BCUT2D eigenvalue weighted by atomic mass is 19.1. The predicted octanol–water partition coefficient (Wildman–Crippen LogP) is 3.45. The van der Waals surface area contributed by atoms with Crippen molar-refractivity contribution >= 4 is 10.9 Å². The van der Waals surface area contributed by atoms with Crippen LogP contribution in [0.3, 0.4) is 0 Å². The van der Waals surface area contributed by atoms with Gasteiger partial charge in [0.15, 0.2) is 0 Å². The van der Waals surface area contributed by atoms with E-state index in [1.165, 1.54) is 6.07 Å². The number of halogens is 1. The first-order chi connectivity index (χ1) is 10.3. The second-order valence-corrected chi connectivity index (χ2v) is 4.72. The topological polar surface area (TPSA) is 48.1 Å². The van der Waals surface area contributed by atoms with Crippen LogP contribution in [0.1, 0.15) is 11.7 Å². The molecule has 0 bridgehead atoms. The third-order valence-corrected chi connectivity index (χ3v) is 3.32. The SMILES string of the molecule is NCC(Oc1ccc2cccnc2c1)c1ccccc1F. The number of pyridine rings is 1. The summed E-state index contributed by atoms with van der Waals surface area (Å²) in [6.45, 7) is 0.196. The van der Waals surface area contributed by atoms with Gasteiger partial charge in [0.05, 0.1) is 5.52 Å². The van der Waals surface area contributed by atoms with Crippen LogP contribution < -0.4 is 10.5 Å². The number of hydrogen-bond acceptors (Lipinski definition) is 3. The summed E-state index contributed by atoms with van der Waals surface area (Å²) in [4.78, 5) is 4.28. The molecule has 0 radical (unpaired) electrons. The van der Waals surface area contributed by atoms with E-state index in [9.17, 15) is 4.39 Å². The van der Waals surface area contributed by atoms with Gasteiger partial charge in [0.2, 0.25) is 0 Å². The Bertz CT molecular complexity index is 760. The van der Waals surface area contributed by atoms with Crippen LogP contribution in [-0.4, -0.2) is 11.5 Å². The van der Waals surface area contributed by atoms with Crippen molar-refractivity contribution in [3.63, 3.8) is 0 Å². The van der Waals surface area contributed by atoms with Crippen molar-refractivity contribution in [2.24, 2.45) is 5.73 Å². The Balaban J connectivity index is 1.90. The summed E-state index contributed by atoms with van der Waals surface area (Å²) in [7, 11) is 0. The minimum absolute atomic E-state index is 0.196. The van der Waals surface area contributed by atoms with E-state index in [1.807, 2.05) is 30.3 Å². The minimum atomic E-state index is -0.521. The summed E-state index contributed by atoms with van der Waals surface area (Å²) in [5, 5.41) is 1.03. The Morgan fingerprint density at radius 3 is 2.76 bits per heavy atom. The molecule has 0 aliphatic rings. The first-order valence-corrected chi connectivity index (χ1v) is 6.74. The normalized spacial score (nSPS) is 12.3. The van der Waals surface area contributed by atoms with Crippen molar-refractivity contribution < 1.29 is 9.13 Å². The van der Waals surface area contributed by atoms with Crippen molar-refractivity contribution in [2.45, 2.75) is 6.10 Å². The molecule has 2 aromatic carbocycles. The number of fused-ring (bicyclic) bond motifs is 1. The van der Waals surface area contributed by atoms with Crippen molar-refractivity contribution in [2.75, 3.05) is 6.54 Å². The Kier molecular flexibility index (Phi) is 3.79. The lowest BCUT2D eigenvalue weighted by Gasteiger charge is -2.18. The minimum Gasteiger partial charge on any atom is -0.484 e. The Hall–Kier alpha value is -2.46. The van der Waals surface area contributed by atoms with E-state index in [0.717, 1.165) is 10.9 Å². The number of aromatic nitrogens is 1. The molecule has 3 nitrogen and oxygen atoms in total. The van der Waals surface area contributed by atoms with Crippen LogP contribution in [-0.2, 0) is 0 Å². The van der Waals surface area contributed by atoms with E-state index >= 15 is 0 Å². The first-order valence-electron chi connectivity index (χ1n) is 6.74. The van der Waals surface area contributed by atoms with Gasteiger partial charge in [0.25, 0.3) is 0 Å². The van der Waals surface area contributed by atoms with Gasteiger partial charge in [-0.15, -0.1) is 0 Å². The molecule has 4 heteroatoms. The van der Waals surface area contributed by atoms with Gasteiger partial charge in [-0.05, 0) is 24.3 Å². The monoisotopic (exact) mass is 282 g/mol. The summed E-state index contributed by atoms with van der Waals surface area (Å²) < 4.78 is 19.7. The molecule has 0 amide bonds. The van der Waals surface area contributed by atoms with Gasteiger partial charge < -0.3 is 10.5 Å². The number of rotatable bonds is 4. The molecule has 2 N–H and O–H groups in total. The van der Waals surface area contributed by atoms with Gasteiger partial charge in [-0.1, -0.05) is 24.3 Å². The highest BCUT2D eigenvalue weighted by Crippen LogP contribution is 2.25. The summed E-state index contributed by atoms with van der Waals surface area (Å²) in [6, 6.07) is 16.0. The molecule has 3 aromatic rings. The molecule has 1 heterocycles. The van der Waals surface area contributed by atoms with Crippen molar-refractivity contribution in [1.82, 2.24) is 4.98 Å². The molecule has 106 valence electrons. The molecule has 0 aliphatic heterocycles. The quantitative estimate of drug-likeness (QED) is 0.797. The lowest BCUT2D eigenvalue weighted by molar-refractivity contribution is 0.209. The van der Waals surface area contributed by atoms with Crippen LogP contribution in [0.15, 0.2) is 60.8 Å². The van der Waals surface area contributed by atoms with Crippen molar-refractivity contribution in [1.29, 1.82) is 0 Å². The zero-order valence-electron chi connectivity index (χ0n) is 11.4. The molecule has 1 atom stereocenters. The summed E-state index contributed by atoms with van der Waals surface area (Å²) in [6.07, 6.45) is 1.20. The zero-order valence-corrected chi connectivity index (χ0v) is 11.4. The van der Waals surface area contributed by atoms with E-state index in [1.54, 1.807) is 24.4 Å². The zero-order chi connectivity index (χ0) is 14.7. The summed E-state index contributed by atoms with van der Waals surface area (Å²) in [5.74, 6) is 0.312. The van der Waals surface area contributed by atoms with Gasteiger partial charge in [-0.2, -0.15) is 0 Å². The highest BCUT2D eigenvalue weighted by Gasteiger charge is 2.15. The predicted molar refractivity (Wildman–Crippen MR) is 80.6 cm³/mol. The van der Waals surface area contributed by atoms with E-state index in [2.05, 4.69) is 4.98 Å². The fourth-order valence-corrected chi connectivity index (χ4v) is 2.26. The van der Waals surface area contributed by atoms with Gasteiger partial charge in [0, 0.05) is 29.8 Å². The number of nitrogens with two attached hydrogens (primary N) is 1. The van der Waals surface area contributed by atoms with E-state index in [0.29, 0.717) is 11.3 Å². The van der Waals surface area contributed by atoms with Gasteiger partial charge in [-0.25, -0.2) is 4.39 Å². The molecule has 0 aliphatic carbocycles. The lowest BCUT2D eigenvalue weighted by Crippen LogP contribution is -2.19. The van der Waals surface area contributed by atoms with E-state index in [-0.39, 0.29) is 12.4 Å². The molecule has 3 rings (SSSR count). The largest absolute Gasteiger partial charge is 0.484 e. The van der Waals surface area contributed by atoms with E-state index < -0.39 is 6.10 Å². The van der Waals surface area contributed by atoms with E-state index in [4.69, 9.17) is 10.5 Å². The van der Waals surface area contributed by atoms with Gasteiger partial charge in [0.1, 0.15) is 17.7 Å². The third-order valence-electron chi connectivity index (χ3n) is 3.32. The number of hydrogen-bond donors (Lipinski definition) is 1. The average Bonchev–Trinajstić information content (AvgIpc) is 2.53. The smallest absolute Gasteiger partial charge is 0.139 e. The van der Waals surface area contributed by atoms with Gasteiger partial charge >= 0.3 is 0 Å². The second kappa shape index (κ2) is 5.89. The fourth-order valence-electron chi connectivity index (χ4n) is 2.26. The Morgan fingerprint density at radius 1 is 1.10 bits per heavy atom. The lowest BCUT2D eigenvalue weighted by atomic mass is 10.1. The van der Waals surface area contributed by atoms with Gasteiger partial charge in [-0.3, -0.25) is 4.98 Å². The van der Waals surface area contributed by atoms with Crippen molar-refractivity contribution in [3.05, 3.63) is 72.2 Å². The maximum absolute atomic E-state index is 13.8. The molecular formula is C17H15FN2O. The van der Waals surface area contributed by atoms with Crippen LogP contribution in [0.2, 0.25) is 0 Å². The Labute approximate surface area is 122 Å². The second-order valence-electron chi connectivity index (χ2n) is 4.72. The average molecular weight is 282 g/mol. The maximum atomic E-state index is 13.8. The molecule has 0 saturated carbocycles. The third kappa shape index (κ3) is 2.85. The molecular weight excluding hydrogens is 267 g/mol. The van der Waals surface area contributed by atoms with Crippen LogP contribution in [0.5, 0.6) is 5.75 Å². The molecule has 0 saturated heterocycles. The molecule has 1 aromatic heterocycles. The van der Waals surface area contributed by atoms with Crippen molar-refractivity contribution in [3.8, 4) is 5.75 Å².